The van der Waals surface area contributed by atoms with Crippen LogP contribution in [0.15, 0.2) is 48.8 Å². The summed E-state index contributed by atoms with van der Waals surface area (Å²) in [6, 6.07) is 12.2. The van der Waals surface area contributed by atoms with Gasteiger partial charge in [0.25, 0.3) is 0 Å². The van der Waals surface area contributed by atoms with Gasteiger partial charge in [-0.05, 0) is 43.0 Å². The van der Waals surface area contributed by atoms with Crippen LogP contribution in [-0.2, 0) is 0 Å². The van der Waals surface area contributed by atoms with E-state index in [-0.39, 0.29) is 6.04 Å². The molecule has 0 spiro atoms. The van der Waals surface area contributed by atoms with E-state index in [1.807, 2.05) is 35.0 Å². The third-order valence-electron chi connectivity index (χ3n) is 4.78. The van der Waals surface area contributed by atoms with Gasteiger partial charge in [0.05, 0.1) is 11.7 Å². The summed E-state index contributed by atoms with van der Waals surface area (Å²) in [7, 11) is 0. The molecule has 0 saturated carbocycles. The zero-order valence-electron chi connectivity index (χ0n) is 13.5. The largest absolute Gasteiger partial charge is 0.465 e. The monoisotopic (exact) mass is 321 g/mol. The minimum absolute atomic E-state index is 0.146. The third-order valence-corrected chi connectivity index (χ3v) is 4.78. The predicted octanol–water partition coefficient (Wildman–Crippen LogP) is 4.12. The number of nitrogens with zero attached hydrogens (tertiary/aromatic N) is 3. The van der Waals surface area contributed by atoms with Gasteiger partial charge in [-0.1, -0.05) is 24.3 Å². The molecule has 0 bridgehead atoms. The molecule has 1 aliphatic heterocycles. The molecule has 122 valence electrons. The zero-order chi connectivity index (χ0) is 16.7. The molecular weight excluding hydrogens is 302 g/mol. The van der Waals surface area contributed by atoms with Crippen LogP contribution in [-0.4, -0.2) is 32.0 Å². The lowest BCUT2D eigenvalue weighted by molar-refractivity contribution is 0.139. The molecule has 3 aromatic rings. The van der Waals surface area contributed by atoms with Crippen molar-refractivity contribution in [3.8, 4) is 11.1 Å². The summed E-state index contributed by atoms with van der Waals surface area (Å²) in [5, 5.41) is 9.38. The Kier molecular flexibility index (Phi) is 3.49. The van der Waals surface area contributed by atoms with Crippen molar-refractivity contribution in [3.63, 3.8) is 0 Å². The van der Waals surface area contributed by atoms with E-state index in [0.29, 0.717) is 6.54 Å². The standard InChI is InChI=1S/C19H19N3O2/c1-13-6-2-3-7-14(13)15-8-4-10-21-12-16(20-18(15)21)17-9-5-11-22(17)19(23)24/h2-4,6-8,10,12,17H,5,9,11H2,1H3,(H,23,24)/t17-/m0/s1. The van der Waals surface area contributed by atoms with E-state index in [4.69, 9.17) is 4.98 Å². The summed E-state index contributed by atoms with van der Waals surface area (Å²) in [5.74, 6) is 0. The molecule has 1 aliphatic rings. The molecule has 0 radical (unpaired) electrons. The number of rotatable bonds is 2. The smallest absolute Gasteiger partial charge is 0.407 e. The van der Waals surface area contributed by atoms with Crippen LogP contribution >= 0.6 is 0 Å². The van der Waals surface area contributed by atoms with Crippen LogP contribution < -0.4 is 0 Å². The topological polar surface area (TPSA) is 57.8 Å². The number of aryl methyl sites for hydroxylation is 1. The number of aromatic nitrogens is 2. The van der Waals surface area contributed by atoms with Gasteiger partial charge < -0.3 is 9.51 Å². The number of pyridine rings is 1. The van der Waals surface area contributed by atoms with Crippen molar-refractivity contribution in [1.29, 1.82) is 0 Å². The lowest BCUT2D eigenvalue weighted by Crippen LogP contribution is -2.28. The third kappa shape index (κ3) is 2.33. The molecule has 24 heavy (non-hydrogen) atoms. The van der Waals surface area contributed by atoms with Crippen molar-refractivity contribution in [1.82, 2.24) is 14.3 Å². The number of imidazole rings is 1. The molecule has 1 aromatic carbocycles. The fraction of sp³-hybridized carbons (Fsp3) is 0.263. The quantitative estimate of drug-likeness (QED) is 0.772. The highest BCUT2D eigenvalue weighted by Gasteiger charge is 2.31. The molecule has 1 amide bonds. The van der Waals surface area contributed by atoms with Gasteiger partial charge in [-0.2, -0.15) is 0 Å². The highest BCUT2D eigenvalue weighted by atomic mass is 16.4. The lowest BCUT2D eigenvalue weighted by Gasteiger charge is -2.19. The second-order valence-electron chi connectivity index (χ2n) is 6.27. The van der Waals surface area contributed by atoms with Gasteiger partial charge in [0.15, 0.2) is 0 Å². The van der Waals surface area contributed by atoms with Gasteiger partial charge >= 0.3 is 6.09 Å². The Morgan fingerprint density at radius 1 is 1.21 bits per heavy atom. The summed E-state index contributed by atoms with van der Waals surface area (Å²) >= 11 is 0. The summed E-state index contributed by atoms with van der Waals surface area (Å²) in [4.78, 5) is 17.7. The maximum absolute atomic E-state index is 11.4. The number of likely N-dealkylation sites (tertiary alicyclic amines) is 1. The molecule has 2 aromatic heterocycles. The number of hydrogen-bond donors (Lipinski definition) is 1. The van der Waals surface area contributed by atoms with Crippen molar-refractivity contribution in [2.45, 2.75) is 25.8 Å². The minimum Gasteiger partial charge on any atom is -0.465 e. The van der Waals surface area contributed by atoms with Crippen LogP contribution in [0.1, 0.15) is 30.1 Å². The fourth-order valence-corrected chi connectivity index (χ4v) is 3.58. The van der Waals surface area contributed by atoms with Crippen LogP contribution in [0.5, 0.6) is 0 Å². The Morgan fingerprint density at radius 3 is 2.79 bits per heavy atom. The first-order valence-corrected chi connectivity index (χ1v) is 8.18. The molecule has 5 nitrogen and oxygen atoms in total. The molecule has 5 heteroatoms. The number of fused-ring (bicyclic) bond motifs is 1. The molecule has 0 unspecified atom stereocenters. The number of benzene rings is 1. The average molecular weight is 321 g/mol. The first-order valence-electron chi connectivity index (χ1n) is 8.18. The van der Waals surface area contributed by atoms with E-state index in [1.54, 1.807) is 0 Å². The van der Waals surface area contributed by atoms with E-state index in [2.05, 4.69) is 25.1 Å². The summed E-state index contributed by atoms with van der Waals surface area (Å²) in [6.45, 7) is 2.67. The van der Waals surface area contributed by atoms with E-state index in [9.17, 15) is 9.90 Å². The van der Waals surface area contributed by atoms with E-state index in [0.717, 1.165) is 35.3 Å². The van der Waals surface area contributed by atoms with Crippen LogP contribution in [0.25, 0.3) is 16.8 Å². The molecule has 4 rings (SSSR count). The highest BCUT2D eigenvalue weighted by Crippen LogP contribution is 2.33. The molecular formula is C19H19N3O2. The van der Waals surface area contributed by atoms with Crippen LogP contribution in [0.3, 0.4) is 0 Å². The fourth-order valence-electron chi connectivity index (χ4n) is 3.58. The Hall–Kier alpha value is -2.82. The summed E-state index contributed by atoms with van der Waals surface area (Å²) in [6.07, 6.45) is 4.77. The number of amides is 1. The van der Waals surface area contributed by atoms with E-state index >= 15 is 0 Å². The predicted molar refractivity (Wildman–Crippen MR) is 92.1 cm³/mol. The average Bonchev–Trinajstić information content (AvgIpc) is 3.21. The van der Waals surface area contributed by atoms with Crippen molar-refractivity contribution in [3.05, 3.63) is 60.0 Å². The first-order chi connectivity index (χ1) is 11.6. The van der Waals surface area contributed by atoms with Crippen LogP contribution in [0, 0.1) is 6.92 Å². The van der Waals surface area contributed by atoms with Crippen LogP contribution in [0.2, 0.25) is 0 Å². The zero-order valence-corrected chi connectivity index (χ0v) is 13.5. The minimum atomic E-state index is -0.867. The molecule has 1 atom stereocenters. The Labute approximate surface area is 140 Å². The van der Waals surface area contributed by atoms with Crippen molar-refractivity contribution < 1.29 is 9.90 Å². The van der Waals surface area contributed by atoms with Crippen molar-refractivity contribution in [2.24, 2.45) is 0 Å². The lowest BCUT2D eigenvalue weighted by atomic mass is 10.0. The van der Waals surface area contributed by atoms with Gasteiger partial charge in [-0.15, -0.1) is 0 Å². The van der Waals surface area contributed by atoms with Gasteiger partial charge in [-0.25, -0.2) is 9.78 Å². The Balaban J connectivity index is 1.84. The number of carboxylic acid groups (broad SMARTS) is 1. The SMILES string of the molecule is Cc1ccccc1-c1cccn2cc([C@@H]3CCCN3C(=O)O)nc12. The molecule has 3 heterocycles. The summed E-state index contributed by atoms with van der Waals surface area (Å²) in [5.41, 5.74) is 5.13. The first kappa shape index (κ1) is 14.8. The maximum atomic E-state index is 11.4. The maximum Gasteiger partial charge on any atom is 0.407 e. The van der Waals surface area contributed by atoms with Crippen LogP contribution in [0.4, 0.5) is 4.79 Å². The highest BCUT2D eigenvalue weighted by molar-refractivity contribution is 5.79. The van der Waals surface area contributed by atoms with Gasteiger partial charge in [0, 0.05) is 24.5 Å². The van der Waals surface area contributed by atoms with Crippen molar-refractivity contribution in [2.75, 3.05) is 6.54 Å². The second kappa shape index (κ2) is 5.67. The normalized spacial score (nSPS) is 17.5. The molecule has 1 fully saturated rings. The van der Waals surface area contributed by atoms with Gasteiger partial charge in [-0.3, -0.25) is 4.90 Å². The molecule has 0 aliphatic carbocycles. The molecule has 1 saturated heterocycles. The second-order valence-corrected chi connectivity index (χ2v) is 6.27. The van der Waals surface area contributed by atoms with Gasteiger partial charge in [0.1, 0.15) is 5.65 Å². The van der Waals surface area contributed by atoms with Crippen molar-refractivity contribution >= 4 is 11.7 Å². The summed E-state index contributed by atoms with van der Waals surface area (Å²) < 4.78 is 2.00. The Bertz CT molecular complexity index is 916. The van der Waals surface area contributed by atoms with E-state index < -0.39 is 6.09 Å². The van der Waals surface area contributed by atoms with Gasteiger partial charge in [0.2, 0.25) is 0 Å². The molecule has 1 N–H and O–H groups in total. The Morgan fingerprint density at radius 2 is 2.00 bits per heavy atom. The van der Waals surface area contributed by atoms with E-state index in [1.165, 1.54) is 10.5 Å². The number of hydrogen-bond acceptors (Lipinski definition) is 2. The number of carbonyl (C=O) groups is 1.